The van der Waals surface area contributed by atoms with Gasteiger partial charge in [0.05, 0.1) is 5.56 Å². The average molecular weight is 274 g/mol. The van der Waals surface area contributed by atoms with Gasteiger partial charge in [-0.25, -0.2) is 0 Å². The van der Waals surface area contributed by atoms with Crippen molar-refractivity contribution < 1.29 is 4.79 Å². The summed E-state index contributed by atoms with van der Waals surface area (Å²) in [6.07, 6.45) is 4.81. The topological polar surface area (TPSA) is 32.3 Å². The molecule has 0 aliphatic heterocycles. The van der Waals surface area contributed by atoms with Crippen LogP contribution in [-0.4, -0.2) is 30.4 Å². The second kappa shape index (κ2) is 6.78. The molecule has 0 atom stereocenters. The van der Waals surface area contributed by atoms with Crippen molar-refractivity contribution in [2.45, 2.75) is 45.6 Å². The summed E-state index contributed by atoms with van der Waals surface area (Å²) in [5.41, 5.74) is 1.71. The van der Waals surface area contributed by atoms with Crippen LogP contribution in [0.25, 0.3) is 0 Å². The largest absolute Gasteiger partial charge is 0.387 e. The normalized spacial score (nSPS) is 15.6. The number of carbonyl (C=O) groups excluding carboxylic acids is 1. The summed E-state index contributed by atoms with van der Waals surface area (Å²) in [5, 5.41) is 3.13. The minimum absolute atomic E-state index is 0.176. The van der Waals surface area contributed by atoms with E-state index in [-0.39, 0.29) is 5.91 Å². The Morgan fingerprint density at radius 2 is 1.95 bits per heavy atom. The maximum atomic E-state index is 12.9. The van der Waals surface area contributed by atoms with Gasteiger partial charge in [0.15, 0.2) is 0 Å². The molecule has 1 N–H and O–H groups in total. The predicted molar refractivity (Wildman–Crippen MR) is 84.1 cm³/mol. The highest BCUT2D eigenvalue weighted by molar-refractivity contribution is 5.99. The van der Waals surface area contributed by atoms with Gasteiger partial charge in [-0.05, 0) is 30.9 Å². The van der Waals surface area contributed by atoms with E-state index in [9.17, 15) is 4.79 Å². The number of hydrogen-bond acceptors (Lipinski definition) is 2. The summed E-state index contributed by atoms with van der Waals surface area (Å²) >= 11 is 0. The molecule has 1 amide bonds. The van der Waals surface area contributed by atoms with Crippen LogP contribution in [0, 0.1) is 5.92 Å². The number of nitrogens with one attached hydrogen (secondary N) is 1. The van der Waals surface area contributed by atoms with Crippen molar-refractivity contribution in [1.82, 2.24) is 4.90 Å². The summed E-state index contributed by atoms with van der Waals surface area (Å²) in [6, 6.07) is 8.22. The van der Waals surface area contributed by atoms with Crippen LogP contribution in [0.2, 0.25) is 0 Å². The Hall–Kier alpha value is -1.51. The van der Waals surface area contributed by atoms with Crippen molar-refractivity contribution in [3.8, 4) is 0 Å². The maximum Gasteiger partial charge on any atom is 0.256 e. The molecule has 0 saturated heterocycles. The van der Waals surface area contributed by atoms with Crippen LogP contribution in [0.5, 0.6) is 0 Å². The van der Waals surface area contributed by atoms with Crippen molar-refractivity contribution in [1.29, 1.82) is 0 Å². The molecule has 3 heteroatoms. The standard InChI is InChI=1S/C17H26N2O/c1-13(2)12-19(14-8-4-5-9-14)17(20)15-10-6-7-11-16(15)18-3/h6-7,10-11,13-14,18H,4-5,8-9,12H2,1-3H3. The first-order valence-corrected chi connectivity index (χ1v) is 7.71. The van der Waals surface area contributed by atoms with Crippen LogP contribution in [0.1, 0.15) is 49.9 Å². The molecule has 110 valence electrons. The van der Waals surface area contributed by atoms with Crippen LogP contribution in [0.4, 0.5) is 5.69 Å². The lowest BCUT2D eigenvalue weighted by atomic mass is 10.1. The highest BCUT2D eigenvalue weighted by Gasteiger charge is 2.28. The van der Waals surface area contributed by atoms with E-state index in [1.54, 1.807) is 0 Å². The molecule has 1 aromatic carbocycles. The van der Waals surface area contributed by atoms with Crippen LogP contribution < -0.4 is 5.32 Å². The zero-order valence-corrected chi connectivity index (χ0v) is 12.9. The predicted octanol–water partition coefficient (Wildman–Crippen LogP) is 3.77. The molecule has 0 spiro atoms. The Balaban J connectivity index is 2.25. The van der Waals surface area contributed by atoms with Gasteiger partial charge in [0.2, 0.25) is 0 Å². The summed E-state index contributed by atoms with van der Waals surface area (Å²) in [7, 11) is 1.87. The number of nitrogens with zero attached hydrogens (tertiary/aromatic N) is 1. The number of para-hydroxylation sites is 1. The fourth-order valence-corrected chi connectivity index (χ4v) is 3.05. The van der Waals surface area contributed by atoms with Crippen LogP contribution in [-0.2, 0) is 0 Å². The van der Waals surface area contributed by atoms with Crippen molar-refractivity contribution in [2.75, 3.05) is 18.9 Å². The van der Waals surface area contributed by atoms with Crippen LogP contribution in [0.3, 0.4) is 0 Å². The Morgan fingerprint density at radius 1 is 1.30 bits per heavy atom. The number of rotatable bonds is 5. The lowest BCUT2D eigenvalue weighted by molar-refractivity contribution is 0.0656. The molecule has 2 rings (SSSR count). The Morgan fingerprint density at radius 3 is 2.55 bits per heavy atom. The second-order valence-electron chi connectivity index (χ2n) is 6.09. The molecule has 0 radical (unpaired) electrons. The molecule has 1 aliphatic rings. The summed E-state index contributed by atoms with van der Waals surface area (Å²) in [5.74, 6) is 0.678. The fraction of sp³-hybridized carbons (Fsp3) is 0.588. The quantitative estimate of drug-likeness (QED) is 0.886. The van der Waals surface area contributed by atoms with Gasteiger partial charge in [0.1, 0.15) is 0 Å². The molecular formula is C17H26N2O. The molecule has 20 heavy (non-hydrogen) atoms. The highest BCUT2D eigenvalue weighted by Crippen LogP contribution is 2.27. The summed E-state index contributed by atoms with van der Waals surface area (Å²) < 4.78 is 0. The molecule has 0 aromatic heterocycles. The van der Waals surface area contributed by atoms with Crippen LogP contribution in [0.15, 0.2) is 24.3 Å². The van der Waals surface area contributed by atoms with E-state index in [1.165, 1.54) is 12.8 Å². The van der Waals surface area contributed by atoms with E-state index in [2.05, 4.69) is 24.1 Å². The summed E-state index contributed by atoms with van der Waals surface area (Å²) in [4.78, 5) is 15.0. The van der Waals surface area contributed by atoms with Gasteiger partial charge in [0, 0.05) is 25.3 Å². The fourth-order valence-electron chi connectivity index (χ4n) is 3.05. The number of carbonyl (C=O) groups is 1. The molecule has 1 aliphatic carbocycles. The Bertz CT molecular complexity index is 450. The third-order valence-electron chi connectivity index (χ3n) is 4.01. The molecule has 1 fully saturated rings. The van der Waals surface area contributed by atoms with Gasteiger partial charge in [-0.2, -0.15) is 0 Å². The van der Waals surface area contributed by atoms with Crippen molar-refractivity contribution in [3.05, 3.63) is 29.8 Å². The summed E-state index contributed by atoms with van der Waals surface area (Å²) in [6.45, 7) is 5.21. The third-order valence-corrected chi connectivity index (χ3v) is 4.01. The zero-order chi connectivity index (χ0) is 14.5. The van der Waals surface area contributed by atoms with Gasteiger partial charge in [0.25, 0.3) is 5.91 Å². The van der Waals surface area contributed by atoms with E-state index in [0.29, 0.717) is 12.0 Å². The first-order chi connectivity index (χ1) is 9.63. The molecule has 3 nitrogen and oxygen atoms in total. The van der Waals surface area contributed by atoms with Crippen LogP contribution >= 0.6 is 0 Å². The van der Waals surface area contributed by atoms with Crippen molar-refractivity contribution >= 4 is 11.6 Å². The minimum Gasteiger partial charge on any atom is -0.387 e. The Labute approximate surface area is 122 Å². The van der Waals surface area contributed by atoms with E-state index >= 15 is 0 Å². The van der Waals surface area contributed by atoms with Crippen molar-refractivity contribution in [2.24, 2.45) is 5.92 Å². The third kappa shape index (κ3) is 3.33. The maximum absolute atomic E-state index is 12.9. The molecule has 1 aromatic rings. The zero-order valence-electron chi connectivity index (χ0n) is 12.9. The minimum atomic E-state index is 0.176. The smallest absolute Gasteiger partial charge is 0.256 e. The van der Waals surface area contributed by atoms with Crippen molar-refractivity contribution in [3.63, 3.8) is 0 Å². The number of hydrogen-bond donors (Lipinski definition) is 1. The number of benzene rings is 1. The monoisotopic (exact) mass is 274 g/mol. The lowest BCUT2D eigenvalue weighted by Gasteiger charge is -2.31. The molecular weight excluding hydrogens is 248 g/mol. The lowest BCUT2D eigenvalue weighted by Crippen LogP contribution is -2.41. The number of anilines is 1. The van der Waals surface area contributed by atoms with E-state index < -0.39 is 0 Å². The number of amides is 1. The molecule has 0 bridgehead atoms. The SMILES string of the molecule is CNc1ccccc1C(=O)N(CC(C)C)C1CCCC1. The Kier molecular flexibility index (Phi) is 5.05. The molecule has 1 saturated carbocycles. The van der Waals surface area contributed by atoms with Gasteiger partial charge in [-0.1, -0.05) is 38.8 Å². The molecule has 0 heterocycles. The van der Waals surface area contributed by atoms with Gasteiger partial charge in [-0.3, -0.25) is 4.79 Å². The van der Waals surface area contributed by atoms with E-state index in [4.69, 9.17) is 0 Å². The highest BCUT2D eigenvalue weighted by atomic mass is 16.2. The van der Waals surface area contributed by atoms with Gasteiger partial charge < -0.3 is 10.2 Å². The molecule has 0 unspecified atom stereocenters. The van der Waals surface area contributed by atoms with Gasteiger partial charge in [-0.15, -0.1) is 0 Å². The average Bonchev–Trinajstić information content (AvgIpc) is 2.97. The second-order valence-corrected chi connectivity index (χ2v) is 6.09. The van der Waals surface area contributed by atoms with E-state index in [0.717, 1.165) is 30.6 Å². The first kappa shape index (κ1) is 14.9. The first-order valence-electron chi connectivity index (χ1n) is 7.71. The van der Waals surface area contributed by atoms with Gasteiger partial charge >= 0.3 is 0 Å². The van der Waals surface area contributed by atoms with E-state index in [1.807, 2.05) is 31.3 Å².